The van der Waals surface area contributed by atoms with Crippen molar-refractivity contribution in [2.75, 3.05) is 12.4 Å². The maximum absolute atomic E-state index is 4.35. The Labute approximate surface area is 102 Å². The fraction of sp³-hybridized carbons (Fsp3) is 0.182. The Morgan fingerprint density at radius 1 is 1.35 bits per heavy atom. The van der Waals surface area contributed by atoms with Crippen LogP contribution in [-0.4, -0.2) is 26.2 Å². The Morgan fingerprint density at radius 3 is 3.12 bits per heavy atom. The minimum Gasteiger partial charge on any atom is -0.377 e. The second kappa shape index (κ2) is 4.14. The van der Waals surface area contributed by atoms with Crippen LogP contribution in [0, 0.1) is 0 Å². The van der Waals surface area contributed by atoms with Crippen molar-refractivity contribution in [3.8, 4) is 0 Å². The van der Waals surface area contributed by atoms with E-state index in [9.17, 15) is 0 Å². The number of aromatic nitrogens is 4. The van der Waals surface area contributed by atoms with Crippen molar-refractivity contribution in [1.82, 2.24) is 19.1 Å². The number of imidazole rings is 1. The first-order valence-corrected chi connectivity index (χ1v) is 6.04. The molecule has 6 heteroatoms. The van der Waals surface area contributed by atoms with E-state index in [0.717, 1.165) is 21.7 Å². The maximum Gasteiger partial charge on any atom is 0.134 e. The zero-order valence-electron chi connectivity index (χ0n) is 9.29. The summed E-state index contributed by atoms with van der Waals surface area (Å²) in [5.74, 6) is 0. The van der Waals surface area contributed by atoms with Gasteiger partial charge >= 0.3 is 0 Å². The summed E-state index contributed by atoms with van der Waals surface area (Å²) in [6.45, 7) is 0.688. The third kappa shape index (κ3) is 1.76. The monoisotopic (exact) mass is 245 g/mol. The Hall–Kier alpha value is -1.95. The van der Waals surface area contributed by atoms with E-state index in [1.165, 1.54) is 11.5 Å². The zero-order valence-corrected chi connectivity index (χ0v) is 10.1. The number of rotatable bonds is 3. The Balaban J connectivity index is 2.00. The molecule has 2 aromatic heterocycles. The van der Waals surface area contributed by atoms with E-state index in [4.69, 9.17) is 0 Å². The molecule has 2 heterocycles. The van der Waals surface area contributed by atoms with E-state index in [0.29, 0.717) is 6.54 Å². The number of anilines is 1. The summed E-state index contributed by atoms with van der Waals surface area (Å²) in [5.41, 5.74) is 3.06. The predicted molar refractivity (Wildman–Crippen MR) is 68.3 cm³/mol. The maximum atomic E-state index is 4.35. The summed E-state index contributed by atoms with van der Waals surface area (Å²) in [6, 6.07) is 8.06. The van der Waals surface area contributed by atoms with Gasteiger partial charge in [0.15, 0.2) is 0 Å². The van der Waals surface area contributed by atoms with Crippen LogP contribution in [0.4, 0.5) is 5.00 Å². The first kappa shape index (κ1) is 10.2. The molecule has 0 aliphatic heterocycles. The average Bonchev–Trinajstić information content (AvgIpc) is 2.97. The van der Waals surface area contributed by atoms with E-state index < -0.39 is 0 Å². The van der Waals surface area contributed by atoms with Crippen LogP contribution in [0.25, 0.3) is 11.0 Å². The highest BCUT2D eigenvalue weighted by Gasteiger charge is 2.08. The summed E-state index contributed by atoms with van der Waals surface area (Å²) in [5, 5.41) is 8.22. The number of para-hydroxylation sites is 2. The molecule has 0 saturated carbocycles. The van der Waals surface area contributed by atoms with Gasteiger partial charge in [-0.1, -0.05) is 16.6 Å². The number of benzene rings is 1. The van der Waals surface area contributed by atoms with Gasteiger partial charge in [0.25, 0.3) is 0 Å². The molecular formula is C11H11N5S. The third-order valence-electron chi connectivity index (χ3n) is 2.63. The van der Waals surface area contributed by atoms with Crippen LogP contribution in [0.15, 0.2) is 30.6 Å². The van der Waals surface area contributed by atoms with Gasteiger partial charge in [-0.15, -0.1) is 5.10 Å². The van der Waals surface area contributed by atoms with Crippen molar-refractivity contribution in [3.05, 3.63) is 36.3 Å². The van der Waals surface area contributed by atoms with Crippen LogP contribution in [0.2, 0.25) is 0 Å². The van der Waals surface area contributed by atoms with Crippen molar-refractivity contribution in [3.63, 3.8) is 0 Å². The van der Waals surface area contributed by atoms with Crippen LogP contribution in [0.5, 0.6) is 0 Å². The molecule has 0 radical (unpaired) electrons. The van der Waals surface area contributed by atoms with Gasteiger partial charge in [0.2, 0.25) is 0 Å². The average molecular weight is 245 g/mol. The lowest BCUT2D eigenvalue weighted by atomic mass is 10.3. The molecule has 3 aromatic rings. The van der Waals surface area contributed by atoms with E-state index in [2.05, 4.69) is 30.5 Å². The first-order valence-electron chi connectivity index (χ1n) is 5.27. The topological polar surface area (TPSA) is 55.6 Å². The molecule has 3 rings (SSSR count). The molecule has 0 amide bonds. The second-order valence-corrected chi connectivity index (χ2v) is 4.41. The van der Waals surface area contributed by atoms with E-state index in [-0.39, 0.29) is 0 Å². The fourth-order valence-corrected chi connectivity index (χ4v) is 2.32. The van der Waals surface area contributed by atoms with Crippen molar-refractivity contribution >= 4 is 27.6 Å². The van der Waals surface area contributed by atoms with Gasteiger partial charge in [0, 0.05) is 18.6 Å². The molecule has 17 heavy (non-hydrogen) atoms. The quantitative estimate of drug-likeness (QED) is 0.766. The summed E-state index contributed by atoms with van der Waals surface area (Å²) in [4.78, 5) is 4.35. The molecule has 0 bridgehead atoms. The van der Waals surface area contributed by atoms with Crippen LogP contribution in [-0.2, 0) is 6.54 Å². The van der Waals surface area contributed by atoms with Crippen LogP contribution in [0.3, 0.4) is 0 Å². The van der Waals surface area contributed by atoms with E-state index in [1.54, 1.807) is 0 Å². The van der Waals surface area contributed by atoms with Crippen LogP contribution >= 0.6 is 11.5 Å². The minimum absolute atomic E-state index is 0.688. The fourth-order valence-electron chi connectivity index (χ4n) is 1.80. The summed E-state index contributed by atoms with van der Waals surface area (Å²) in [7, 11) is 1.88. The Bertz CT molecular complexity index is 642. The molecule has 0 fully saturated rings. The number of nitrogens with zero attached hydrogens (tertiary/aromatic N) is 4. The lowest BCUT2D eigenvalue weighted by Gasteiger charge is -2.02. The molecular weight excluding hydrogens is 234 g/mol. The lowest BCUT2D eigenvalue weighted by Crippen LogP contribution is -2.01. The minimum atomic E-state index is 0.688. The van der Waals surface area contributed by atoms with Crippen molar-refractivity contribution in [2.45, 2.75) is 6.54 Å². The zero-order chi connectivity index (χ0) is 11.7. The first-order chi connectivity index (χ1) is 8.38. The molecule has 86 valence electrons. The number of nitrogens with one attached hydrogen (secondary N) is 1. The molecule has 0 saturated heterocycles. The summed E-state index contributed by atoms with van der Waals surface area (Å²) >= 11 is 1.37. The summed E-state index contributed by atoms with van der Waals surface area (Å²) in [6.07, 6.45) is 1.84. The predicted octanol–water partition coefficient (Wildman–Crippen LogP) is 1.98. The standard InChI is InChI=1S/C11H11N5S/c1-12-11-9(14-15-17-11)6-16-7-13-8-4-2-3-5-10(8)16/h2-5,7,12H,6H2,1H3. The lowest BCUT2D eigenvalue weighted by molar-refractivity contribution is 0.792. The van der Waals surface area contributed by atoms with Gasteiger partial charge in [-0.05, 0) is 12.1 Å². The van der Waals surface area contributed by atoms with Gasteiger partial charge in [0.1, 0.15) is 10.7 Å². The SMILES string of the molecule is CNc1snnc1Cn1cnc2ccccc21. The Morgan fingerprint density at radius 2 is 2.24 bits per heavy atom. The Kier molecular flexibility index (Phi) is 2.49. The molecule has 0 atom stereocenters. The normalized spacial score (nSPS) is 10.9. The molecule has 0 aliphatic carbocycles. The molecule has 0 aliphatic rings. The highest BCUT2D eigenvalue weighted by atomic mass is 32.1. The highest BCUT2D eigenvalue weighted by Crippen LogP contribution is 2.20. The van der Waals surface area contributed by atoms with Gasteiger partial charge in [-0.2, -0.15) is 0 Å². The molecule has 0 unspecified atom stereocenters. The van der Waals surface area contributed by atoms with E-state index in [1.807, 2.05) is 31.6 Å². The largest absolute Gasteiger partial charge is 0.377 e. The van der Waals surface area contributed by atoms with Crippen molar-refractivity contribution in [2.24, 2.45) is 0 Å². The number of fused-ring (bicyclic) bond motifs is 1. The number of hydrogen-bond donors (Lipinski definition) is 1. The van der Waals surface area contributed by atoms with Gasteiger partial charge in [-0.3, -0.25) is 0 Å². The molecule has 5 nitrogen and oxygen atoms in total. The number of hydrogen-bond acceptors (Lipinski definition) is 5. The van der Waals surface area contributed by atoms with Gasteiger partial charge in [0.05, 0.1) is 23.9 Å². The third-order valence-corrected chi connectivity index (χ3v) is 3.42. The molecule has 1 aromatic carbocycles. The van der Waals surface area contributed by atoms with E-state index >= 15 is 0 Å². The van der Waals surface area contributed by atoms with Crippen molar-refractivity contribution < 1.29 is 0 Å². The van der Waals surface area contributed by atoms with Crippen LogP contribution < -0.4 is 5.32 Å². The molecule has 1 N–H and O–H groups in total. The molecule has 0 spiro atoms. The van der Waals surface area contributed by atoms with Crippen LogP contribution in [0.1, 0.15) is 5.69 Å². The van der Waals surface area contributed by atoms with Crippen molar-refractivity contribution in [1.29, 1.82) is 0 Å². The second-order valence-electron chi connectivity index (χ2n) is 3.66. The van der Waals surface area contributed by atoms with Gasteiger partial charge in [-0.25, -0.2) is 4.98 Å². The smallest absolute Gasteiger partial charge is 0.134 e. The van der Waals surface area contributed by atoms with Gasteiger partial charge < -0.3 is 9.88 Å². The summed E-state index contributed by atoms with van der Waals surface area (Å²) < 4.78 is 6.03. The highest BCUT2D eigenvalue weighted by molar-refractivity contribution is 7.10.